The molecule has 2 aromatic rings. The molecule has 0 saturated carbocycles. The molecule has 2 N–H and O–H groups in total. The van der Waals surface area contributed by atoms with Crippen molar-refractivity contribution in [3.05, 3.63) is 35.9 Å². The minimum absolute atomic E-state index is 0.253. The van der Waals surface area contributed by atoms with Gasteiger partial charge in [0.2, 0.25) is 0 Å². The Balaban J connectivity index is 2.46. The Morgan fingerprint density at radius 1 is 1.29 bits per heavy atom. The van der Waals surface area contributed by atoms with Crippen LogP contribution in [0.15, 0.2) is 24.3 Å². The van der Waals surface area contributed by atoms with Gasteiger partial charge in [0, 0.05) is 12.1 Å². The fraction of sp³-hybridized carbons (Fsp3) is 0.308. The Morgan fingerprint density at radius 2 is 1.94 bits per heavy atom. The van der Waals surface area contributed by atoms with Gasteiger partial charge in [-0.2, -0.15) is 0 Å². The van der Waals surface area contributed by atoms with Crippen LogP contribution in [0.4, 0.5) is 10.2 Å². The molecule has 1 aromatic carbocycles. The lowest BCUT2D eigenvalue weighted by Gasteiger charge is -2.05. The molecule has 0 aliphatic rings. The standard InChI is InChI=1S/C13H16FN3/c1-3-8-17-9(2)16-12(13(17)15)10-4-6-11(14)7-5-10/h4-7H,3,8,15H2,1-2H3. The summed E-state index contributed by atoms with van der Waals surface area (Å²) in [6, 6.07) is 6.24. The number of aryl methyl sites for hydroxylation is 1. The highest BCUT2D eigenvalue weighted by Gasteiger charge is 2.12. The van der Waals surface area contributed by atoms with Crippen molar-refractivity contribution < 1.29 is 4.39 Å². The summed E-state index contributed by atoms with van der Waals surface area (Å²) in [6.07, 6.45) is 1.00. The summed E-state index contributed by atoms with van der Waals surface area (Å²) >= 11 is 0. The molecule has 0 atom stereocenters. The fourth-order valence-corrected chi connectivity index (χ4v) is 1.91. The Hall–Kier alpha value is -1.84. The number of halogens is 1. The van der Waals surface area contributed by atoms with Crippen LogP contribution in [0.5, 0.6) is 0 Å². The fourth-order valence-electron chi connectivity index (χ4n) is 1.91. The predicted octanol–water partition coefficient (Wildman–Crippen LogP) is 2.99. The monoisotopic (exact) mass is 233 g/mol. The Bertz CT molecular complexity index is 514. The maximum absolute atomic E-state index is 12.9. The van der Waals surface area contributed by atoms with Crippen molar-refractivity contribution in [2.75, 3.05) is 5.73 Å². The second-order valence-electron chi connectivity index (χ2n) is 4.05. The molecule has 90 valence electrons. The summed E-state index contributed by atoms with van der Waals surface area (Å²) in [7, 11) is 0. The second-order valence-corrected chi connectivity index (χ2v) is 4.05. The number of benzene rings is 1. The van der Waals surface area contributed by atoms with Crippen molar-refractivity contribution in [2.45, 2.75) is 26.8 Å². The molecule has 3 nitrogen and oxygen atoms in total. The first-order valence-electron chi connectivity index (χ1n) is 5.72. The number of anilines is 1. The van der Waals surface area contributed by atoms with Crippen molar-refractivity contribution in [2.24, 2.45) is 0 Å². The third-order valence-electron chi connectivity index (χ3n) is 2.76. The Morgan fingerprint density at radius 3 is 2.53 bits per heavy atom. The summed E-state index contributed by atoms with van der Waals surface area (Å²) in [5.41, 5.74) is 7.65. The summed E-state index contributed by atoms with van der Waals surface area (Å²) in [5, 5.41) is 0. The van der Waals surface area contributed by atoms with E-state index in [1.54, 1.807) is 12.1 Å². The van der Waals surface area contributed by atoms with Crippen molar-refractivity contribution in [1.29, 1.82) is 0 Å². The van der Waals surface area contributed by atoms with Crippen LogP contribution in [0.25, 0.3) is 11.3 Å². The van der Waals surface area contributed by atoms with Crippen LogP contribution in [0.1, 0.15) is 19.2 Å². The molecule has 4 heteroatoms. The van der Waals surface area contributed by atoms with Gasteiger partial charge in [-0.3, -0.25) is 0 Å². The van der Waals surface area contributed by atoms with E-state index in [0.29, 0.717) is 5.82 Å². The highest BCUT2D eigenvalue weighted by molar-refractivity contribution is 5.70. The van der Waals surface area contributed by atoms with Gasteiger partial charge in [-0.25, -0.2) is 9.37 Å². The summed E-state index contributed by atoms with van der Waals surface area (Å²) in [6.45, 7) is 4.88. The molecule has 0 radical (unpaired) electrons. The summed E-state index contributed by atoms with van der Waals surface area (Å²) in [5.74, 6) is 1.29. The van der Waals surface area contributed by atoms with Gasteiger partial charge in [0.05, 0.1) is 0 Å². The second kappa shape index (κ2) is 4.57. The van der Waals surface area contributed by atoms with Crippen molar-refractivity contribution in [1.82, 2.24) is 9.55 Å². The Kier molecular flexibility index (Phi) is 3.13. The van der Waals surface area contributed by atoms with Gasteiger partial charge in [0.1, 0.15) is 23.2 Å². The molecule has 0 spiro atoms. The number of nitrogens with two attached hydrogens (primary N) is 1. The third-order valence-corrected chi connectivity index (χ3v) is 2.76. The minimum Gasteiger partial charge on any atom is -0.383 e. The van der Waals surface area contributed by atoms with Crippen LogP contribution in [0.3, 0.4) is 0 Å². The average molecular weight is 233 g/mol. The first kappa shape index (κ1) is 11.6. The van der Waals surface area contributed by atoms with Crippen LogP contribution < -0.4 is 5.73 Å². The number of nitrogen functional groups attached to an aromatic ring is 1. The predicted molar refractivity (Wildman–Crippen MR) is 67.1 cm³/mol. The topological polar surface area (TPSA) is 43.8 Å². The first-order valence-corrected chi connectivity index (χ1v) is 5.72. The highest BCUT2D eigenvalue weighted by Crippen LogP contribution is 2.26. The number of imidazole rings is 1. The maximum atomic E-state index is 12.9. The third kappa shape index (κ3) is 2.16. The molecule has 0 unspecified atom stereocenters. The van der Waals surface area contributed by atoms with Crippen LogP contribution in [-0.4, -0.2) is 9.55 Å². The van der Waals surface area contributed by atoms with Crippen LogP contribution in [0, 0.1) is 12.7 Å². The number of hydrogen-bond donors (Lipinski definition) is 1. The quantitative estimate of drug-likeness (QED) is 0.885. The molecule has 0 amide bonds. The van der Waals surface area contributed by atoms with E-state index in [4.69, 9.17) is 5.73 Å². The maximum Gasteiger partial charge on any atom is 0.131 e. The molecule has 0 saturated heterocycles. The van der Waals surface area contributed by atoms with Crippen LogP contribution >= 0.6 is 0 Å². The van der Waals surface area contributed by atoms with E-state index in [9.17, 15) is 4.39 Å². The molecule has 2 rings (SSSR count). The Labute approximate surface area is 100 Å². The van der Waals surface area contributed by atoms with E-state index in [1.165, 1.54) is 12.1 Å². The number of aromatic nitrogens is 2. The first-order chi connectivity index (χ1) is 8.13. The van der Waals surface area contributed by atoms with Crippen molar-refractivity contribution >= 4 is 5.82 Å². The number of hydrogen-bond acceptors (Lipinski definition) is 2. The molecule has 0 bridgehead atoms. The SMILES string of the molecule is CCCn1c(C)nc(-c2ccc(F)cc2)c1N. The normalized spacial score (nSPS) is 10.8. The van der Waals surface area contributed by atoms with Gasteiger partial charge in [-0.05, 0) is 37.6 Å². The van der Waals surface area contributed by atoms with Crippen molar-refractivity contribution in [3.63, 3.8) is 0 Å². The van der Waals surface area contributed by atoms with E-state index in [0.717, 1.165) is 30.0 Å². The van der Waals surface area contributed by atoms with E-state index >= 15 is 0 Å². The van der Waals surface area contributed by atoms with Gasteiger partial charge < -0.3 is 10.3 Å². The molecule has 0 aliphatic heterocycles. The molecule has 17 heavy (non-hydrogen) atoms. The van der Waals surface area contributed by atoms with E-state index in [2.05, 4.69) is 11.9 Å². The molecular weight excluding hydrogens is 217 g/mol. The molecular formula is C13H16FN3. The van der Waals surface area contributed by atoms with Gasteiger partial charge in [-0.15, -0.1) is 0 Å². The van der Waals surface area contributed by atoms with E-state index < -0.39 is 0 Å². The molecule has 0 aliphatic carbocycles. The van der Waals surface area contributed by atoms with E-state index in [-0.39, 0.29) is 5.82 Å². The largest absolute Gasteiger partial charge is 0.383 e. The van der Waals surface area contributed by atoms with Crippen LogP contribution in [-0.2, 0) is 6.54 Å². The average Bonchev–Trinajstić information content (AvgIpc) is 2.59. The van der Waals surface area contributed by atoms with Gasteiger partial charge >= 0.3 is 0 Å². The van der Waals surface area contributed by atoms with Crippen molar-refractivity contribution in [3.8, 4) is 11.3 Å². The van der Waals surface area contributed by atoms with Gasteiger partial charge in [0.25, 0.3) is 0 Å². The van der Waals surface area contributed by atoms with Gasteiger partial charge in [0.15, 0.2) is 0 Å². The number of nitrogens with zero attached hydrogens (tertiary/aromatic N) is 2. The molecule has 0 fully saturated rings. The zero-order valence-electron chi connectivity index (χ0n) is 10.1. The summed E-state index contributed by atoms with van der Waals surface area (Å²) in [4.78, 5) is 4.44. The lowest BCUT2D eigenvalue weighted by atomic mass is 10.1. The van der Waals surface area contributed by atoms with E-state index in [1.807, 2.05) is 11.5 Å². The van der Waals surface area contributed by atoms with Gasteiger partial charge in [-0.1, -0.05) is 6.92 Å². The highest BCUT2D eigenvalue weighted by atomic mass is 19.1. The lowest BCUT2D eigenvalue weighted by Crippen LogP contribution is -2.04. The zero-order valence-corrected chi connectivity index (χ0v) is 10.1. The molecule has 1 heterocycles. The minimum atomic E-state index is -0.253. The van der Waals surface area contributed by atoms with Crippen LogP contribution in [0.2, 0.25) is 0 Å². The smallest absolute Gasteiger partial charge is 0.131 e. The molecule has 1 aromatic heterocycles. The lowest BCUT2D eigenvalue weighted by molar-refractivity contribution is 0.628. The summed E-state index contributed by atoms with van der Waals surface area (Å²) < 4.78 is 14.8. The zero-order chi connectivity index (χ0) is 12.4. The number of rotatable bonds is 3.